The Kier molecular flexibility index (Phi) is 3.35. The zero-order chi connectivity index (χ0) is 17.1. The van der Waals surface area contributed by atoms with Crippen LogP contribution in [-0.2, 0) is 0 Å². The third-order valence-electron chi connectivity index (χ3n) is 3.52. The fraction of sp³-hybridized carbons (Fsp3) is 0.462. The first-order valence-corrected chi connectivity index (χ1v) is 5.94. The monoisotopic (exact) mass is 331 g/mol. The molecule has 122 valence electrons. The van der Waals surface area contributed by atoms with Gasteiger partial charge in [0, 0.05) is 12.3 Å². The molecular formula is C13H9F8N. The molecule has 0 saturated heterocycles. The van der Waals surface area contributed by atoms with Gasteiger partial charge in [-0.2, -0.15) is 35.1 Å². The van der Waals surface area contributed by atoms with Crippen molar-refractivity contribution in [2.24, 2.45) is 0 Å². The normalized spacial score (nSPS) is 24.7. The highest BCUT2D eigenvalue weighted by molar-refractivity contribution is 5.73. The molecule has 1 nitrogen and oxygen atoms in total. The highest BCUT2D eigenvalue weighted by Crippen LogP contribution is 2.60. The Bertz CT molecular complexity index is 647. The van der Waals surface area contributed by atoms with Crippen molar-refractivity contribution >= 4 is 5.57 Å². The number of aromatic nitrogens is 1. The van der Waals surface area contributed by atoms with Gasteiger partial charge in [-0.3, -0.25) is 4.98 Å². The van der Waals surface area contributed by atoms with Crippen LogP contribution in [0.3, 0.4) is 0 Å². The molecule has 9 heteroatoms. The largest absolute Gasteiger partial charge is 0.382 e. The summed E-state index contributed by atoms with van der Waals surface area (Å²) < 4.78 is 107. The molecule has 1 aliphatic carbocycles. The number of nitrogens with zero attached hydrogens (tertiary/aromatic N) is 1. The number of aryl methyl sites for hydroxylation is 2. The van der Waals surface area contributed by atoms with Crippen molar-refractivity contribution in [3.63, 3.8) is 0 Å². The second kappa shape index (κ2) is 4.42. The zero-order valence-corrected chi connectivity index (χ0v) is 11.2. The lowest BCUT2D eigenvalue weighted by Gasteiger charge is -2.40. The Morgan fingerprint density at radius 2 is 1.36 bits per heavy atom. The summed E-state index contributed by atoms with van der Waals surface area (Å²) in [5, 5.41) is 0. The topological polar surface area (TPSA) is 12.9 Å². The van der Waals surface area contributed by atoms with Gasteiger partial charge in [0.1, 0.15) is 0 Å². The van der Waals surface area contributed by atoms with Gasteiger partial charge in [-0.1, -0.05) is 0 Å². The van der Waals surface area contributed by atoms with E-state index in [0.29, 0.717) is 11.1 Å². The van der Waals surface area contributed by atoms with Gasteiger partial charge in [0.05, 0.1) is 11.3 Å². The molecule has 0 spiro atoms. The number of rotatable bonds is 1. The first kappa shape index (κ1) is 16.7. The summed E-state index contributed by atoms with van der Waals surface area (Å²) in [6, 6.07) is 0.866. The first-order valence-electron chi connectivity index (χ1n) is 5.94. The first-order chi connectivity index (χ1) is 9.75. The Morgan fingerprint density at radius 1 is 0.818 bits per heavy atom. The number of allylic oxidation sites excluding steroid dienone is 2. The van der Waals surface area contributed by atoms with E-state index in [9.17, 15) is 35.1 Å². The van der Waals surface area contributed by atoms with Gasteiger partial charge in [0.15, 0.2) is 0 Å². The van der Waals surface area contributed by atoms with Crippen LogP contribution in [0.2, 0.25) is 0 Å². The zero-order valence-electron chi connectivity index (χ0n) is 11.2. The molecule has 22 heavy (non-hydrogen) atoms. The summed E-state index contributed by atoms with van der Waals surface area (Å²) in [6.45, 7) is 2.93. The van der Waals surface area contributed by atoms with Gasteiger partial charge in [0.25, 0.3) is 0 Å². The predicted molar refractivity (Wildman–Crippen MR) is 61.5 cm³/mol. The minimum Gasteiger partial charge on any atom is -0.256 e. The van der Waals surface area contributed by atoms with E-state index in [1.165, 1.54) is 13.8 Å². The lowest BCUT2D eigenvalue weighted by Crippen LogP contribution is -2.65. The maximum absolute atomic E-state index is 13.7. The van der Waals surface area contributed by atoms with Gasteiger partial charge >= 0.3 is 23.7 Å². The Morgan fingerprint density at radius 3 is 1.86 bits per heavy atom. The SMILES string of the molecule is Cc1cnc(C2=CC(F)(F)C(F)(F)C(F)(F)C2(F)F)cc1C. The van der Waals surface area contributed by atoms with E-state index in [1.54, 1.807) is 0 Å². The maximum atomic E-state index is 13.7. The maximum Gasteiger partial charge on any atom is 0.382 e. The number of alkyl halides is 8. The quantitative estimate of drug-likeness (QED) is 0.684. The van der Waals surface area contributed by atoms with Crippen molar-refractivity contribution in [1.82, 2.24) is 4.98 Å². The molecule has 0 N–H and O–H groups in total. The van der Waals surface area contributed by atoms with Crippen LogP contribution in [0, 0.1) is 13.8 Å². The molecule has 0 unspecified atom stereocenters. The molecule has 1 aliphatic rings. The molecule has 0 aromatic carbocycles. The third-order valence-corrected chi connectivity index (χ3v) is 3.52. The van der Waals surface area contributed by atoms with Gasteiger partial charge in [-0.15, -0.1) is 0 Å². The number of halogens is 8. The lowest BCUT2D eigenvalue weighted by molar-refractivity contribution is -0.348. The van der Waals surface area contributed by atoms with Crippen LogP contribution in [0.5, 0.6) is 0 Å². The average molecular weight is 331 g/mol. The molecule has 2 rings (SSSR count). The second-order valence-corrected chi connectivity index (χ2v) is 5.06. The molecule has 0 fully saturated rings. The van der Waals surface area contributed by atoms with E-state index in [-0.39, 0.29) is 0 Å². The average Bonchev–Trinajstić information content (AvgIpc) is 2.37. The summed E-state index contributed by atoms with van der Waals surface area (Å²) in [5.74, 6) is -23.4. The molecule has 0 bridgehead atoms. The van der Waals surface area contributed by atoms with Gasteiger partial charge in [0.2, 0.25) is 0 Å². The molecule has 0 radical (unpaired) electrons. The summed E-state index contributed by atoms with van der Waals surface area (Å²) in [7, 11) is 0. The summed E-state index contributed by atoms with van der Waals surface area (Å²) in [4.78, 5) is 3.38. The van der Waals surface area contributed by atoms with Gasteiger partial charge < -0.3 is 0 Å². The van der Waals surface area contributed by atoms with Crippen LogP contribution in [0.15, 0.2) is 18.3 Å². The van der Waals surface area contributed by atoms with Crippen LogP contribution in [-0.4, -0.2) is 28.7 Å². The highest BCUT2D eigenvalue weighted by atomic mass is 19.4. The number of hydrogen-bond donors (Lipinski definition) is 0. The van der Waals surface area contributed by atoms with E-state index in [0.717, 1.165) is 12.3 Å². The van der Waals surface area contributed by atoms with Crippen molar-refractivity contribution in [3.8, 4) is 0 Å². The lowest BCUT2D eigenvalue weighted by atomic mass is 9.84. The molecule has 0 aliphatic heterocycles. The van der Waals surface area contributed by atoms with Gasteiger partial charge in [-0.05, 0) is 31.0 Å². The van der Waals surface area contributed by atoms with E-state index >= 15 is 0 Å². The van der Waals surface area contributed by atoms with E-state index in [2.05, 4.69) is 4.98 Å². The van der Waals surface area contributed by atoms with Crippen molar-refractivity contribution in [2.45, 2.75) is 37.5 Å². The van der Waals surface area contributed by atoms with Crippen LogP contribution >= 0.6 is 0 Å². The fourth-order valence-corrected chi connectivity index (χ4v) is 1.94. The Balaban J connectivity index is 2.74. The van der Waals surface area contributed by atoms with Crippen LogP contribution in [0.4, 0.5) is 35.1 Å². The van der Waals surface area contributed by atoms with Crippen LogP contribution < -0.4 is 0 Å². The summed E-state index contributed by atoms with van der Waals surface area (Å²) in [5.41, 5.74) is -2.02. The van der Waals surface area contributed by atoms with E-state index < -0.39 is 41.0 Å². The fourth-order valence-electron chi connectivity index (χ4n) is 1.94. The molecule has 1 heterocycles. The molecule has 0 saturated carbocycles. The summed E-state index contributed by atoms with van der Waals surface area (Å²) in [6.07, 6.45) is 0.173. The minimum absolute atomic E-state index is 0.311. The second-order valence-electron chi connectivity index (χ2n) is 5.06. The highest BCUT2D eigenvalue weighted by Gasteiger charge is 2.83. The Hall–Kier alpha value is -1.67. The Labute approximate surface area is 119 Å². The molecule has 1 aromatic rings. The van der Waals surface area contributed by atoms with Crippen molar-refractivity contribution < 1.29 is 35.1 Å². The van der Waals surface area contributed by atoms with Gasteiger partial charge in [-0.25, -0.2) is 0 Å². The predicted octanol–water partition coefficient (Wildman–Crippen LogP) is 4.64. The van der Waals surface area contributed by atoms with E-state index in [4.69, 9.17) is 0 Å². The smallest absolute Gasteiger partial charge is 0.256 e. The standard InChI is InChI=1S/C13H9F8N/c1-6-3-9(22-5-7(6)2)8-4-10(14,15)12(18,19)13(20,21)11(8,16)17/h3-5H,1-2H3. The molecule has 0 amide bonds. The molecular weight excluding hydrogens is 322 g/mol. The molecule has 1 aromatic heterocycles. The van der Waals surface area contributed by atoms with Crippen LogP contribution in [0.25, 0.3) is 5.57 Å². The third kappa shape index (κ3) is 1.94. The number of hydrogen-bond acceptors (Lipinski definition) is 1. The van der Waals surface area contributed by atoms with Crippen LogP contribution in [0.1, 0.15) is 16.8 Å². The van der Waals surface area contributed by atoms with E-state index in [1.807, 2.05) is 0 Å². The minimum atomic E-state index is -6.26. The summed E-state index contributed by atoms with van der Waals surface area (Å²) >= 11 is 0. The van der Waals surface area contributed by atoms with Crippen molar-refractivity contribution in [2.75, 3.05) is 0 Å². The molecule has 0 atom stereocenters. The van der Waals surface area contributed by atoms with Crippen molar-refractivity contribution in [3.05, 3.63) is 35.2 Å². The number of pyridine rings is 1. The van der Waals surface area contributed by atoms with Crippen molar-refractivity contribution in [1.29, 1.82) is 0 Å².